The number of aliphatic hydroxyl groups is 2. The summed E-state index contributed by atoms with van der Waals surface area (Å²) in [7, 11) is 0. The van der Waals surface area contributed by atoms with Gasteiger partial charge in [0.1, 0.15) is 5.60 Å². The van der Waals surface area contributed by atoms with Crippen molar-refractivity contribution in [3.63, 3.8) is 0 Å². The van der Waals surface area contributed by atoms with Crippen LogP contribution >= 0.6 is 0 Å². The molecule has 78 valence electrons. The van der Waals surface area contributed by atoms with Crippen molar-refractivity contribution in [3.05, 3.63) is 0 Å². The lowest BCUT2D eigenvalue weighted by molar-refractivity contribution is -0.165. The van der Waals surface area contributed by atoms with Gasteiger partial charge in [-0.2, -0.15) is 0 Å². The predicted molar refractivity (Wildman–Crippen MR) is 48.2 cm³/mol. The highest BCUT2D eigenvalue weighted by atomic mass is 16.6. The molecule has 0 aliphatic carbocycles. The van der Waals surface area contributed by atoms with E-state index in [9.17, 15) is 9.90 Å². The molecule has 0 aliphatic rings. The molecule has 0 heterocycles. The number of carbonyl (C=O) groups excluding carboxylic acids is 1. The van der Waals surface area contributed by atoms with Gasteiger partial charge in [-0.3, -0.25) is 0 Å². The molecule has 4 heteroatoms. The van der Waals surface area contributed by atoms with Crippen molar-refractivity contribution in [1.82, 2.24) is 0 Å². The normalized spacial score (nSPS) is 13.9. The highest BCUT2D eigenvalue weighted by Crippen LogP contribution is 2.10. The maximum absolute atomic E-state index is 11.1. The lowest BCUT2D eigenvalue weighted by Crippen LogP contribution is -2.31. The zero-order chi connectivity index (χ0) is 10.5. The second-order valence-corrected chi connectivity index (χ2v) is 3.92. The Labute approximate surface area is 78.5 Å². The van der Waals surface area contributed by atoms with Crippen LogP contribution in [0, 0.1) is 0 Å². The van der Waals surface area contributed by atoms with Gasteiger partial charge in [0.25, 0.3) is 0 Å². The number of aliphatic hydroxyl groups excluding tert-OH is 2. The molecule has 0 saturated heterocycles. The van der Waals surface area contributed by atoms with Gasteiger partial charge in [0.2, 0.25) is 0 Å². The van der Waals surface area contributed by atoms with Crippen LogP contribution in [0.3, 0.4) is 0 Å². The Morgan fingerprint density at radius 2 is 2.00 bits per heavy atom. The number of hydrogen-bond donors (Lipinski definition) is 2. The Kier molecular flexibility index (Phi) is 4.95. The van der Waals surface area contributed by atoms with Crippen molar-refractivity contribution in [2.24, 2.45) is 0 Å². The summed E-state index contributed by atoms with van der Waals surface area (Å²) in [6.45, 7) is 5.19. The summed E-state index contributed by atoms with van der Waals surface area (Å²) in [5.74, 6) is -0.624. The van der Waals surface area contributed by atoms with Gasteiger partial charge in [0, 0.05) is 6.61 Å². The van der Waals surface area contributed by atoms with Gasteiger partial charge in [-0.25, -0.2) is 4.79 Å². The zero-order valence-corrected chi connectivity index (χ0v) is 8.41. The fraction of sp³-hybridized carbons (Fsp3) is 0.889. The predicted octanol–water partition coefficient (Wildman–Crippen LogP) is 0.462. The molecule has 0 fully saturated rings. The van der Waals surface area contributed by atoms with E-state index in [2.05, 4.69) is 0 Å². The number of rotatable bonds is 4. The zero-order valence-electron chi connectivity index (χ0n) is 8.41. The van der Waals surface area contributed by atoms with E-state index in [1.807, 2.05) is 0 Å². The van der Waals surface area contributed by atoms with E-state index in [1.54, 1.807) is 20.8 Å². The van der Waals surface area contributed by atoms with Crippen molar-refractivity contribution in [2.45, 2.75) is 45.3 Å². The third kappa shape index (κ3) is 6.54. The van der Waals surface area contributed by atoms with E-state index in [0.717, 1.165) is 0 Å². The largest absolute Gasteiger partial charge is 0.458 e. The topological polar surface area (TPSA) is 66.8 Å². The number of esters is 1. The molecule has 0 bridgehead atoms. The molecule has 0 saturated carbocycles. The third-order valence-electron chi connectivity index (χ3n) is 1.31. The maximum Gasteiger partial charge on any atom is 0.335 e. The van der Waals surface area contributed by atoms with Crippen molar-refractivity contribution in [3.8, 4) is 0 Å². The van der Waals surface area contributed by atoms with Crippen LogP contribution in [0.4, 0.5) is 0 Å². The molecule has 0 spiro atoms. The van der Waals surface area contributed by atoms with Gasteiger partial charge < -0.3 is 14.9 Å². The highest BCUT2D eigenvalue weighted by molar-refractivity contribution is 5.74. The monoisotopic (exact) mass is 190 g/mol. The highest BCUT2D eigenvalue weighted by Gasteiger charge is 2.22. The Hall–Kier alpha value is -0.610. The van der Waals surface area contributed by atoms with Crippen LogP contribution in [0.15, 0.2) is 0 Å². The minimum Gasteiger partial charge on any atom is -0.458 e. The summed E-state index contributed by atoms with van der Waals surface area (Å²) in [5, 5.41) is 17.7. The van der Waals surface area contributed by atoms with Gasteiger partial charge in [-0.05, 0) is 33.6 Å². The number of carbonyl (C=O) groups is 1. The molecule has 1 unspecified atom stereocenters. The molecule has 0 aromatic heterocycles. The van der Waals surface area contributed by atoms with Gasteiger partial charge in [0.15, 0.2) is 6.10 Å². The molecule has 0 amide bonds. The van der Waals surface area contributed by atoms with Crippen LogP contribution in [-0.4, -0.2) is 34.5 Å². The van der Waals surface area contributed by atoms with Crippen molar-refractivity contribution >= 4 is 5.97 Å². The lowest BCUT2D eigenvalue weighted by atomic mass is 10.1. The van der Waals surface area contributed by atoms with E-state index < -0.39 is 17.7 Å². The van der Waals surface area contributed by atoms with Crippen LogP contribution in [0.25, 0.3) is 0 Å². The molecule has 0 radical (unpaired) electrons. The molecule has 0 aromatic carbocycles. The summed E-state index contributed by atoms with van der Waals surface area (Å²) in [4.78, 5) is 11.1. The molecule has 2 N–H and O–H groups in total. The summed E-state index contributed by atoms with van der Waals surface area (Å²) in [5.41, 5.74) is -0.572. The summed E-state index contributed by atoms with van der Waals surface area (Å²) in [6.07, 6.45) is -0.474. The first kappa shape index (κ1) is 12.4. The van der Waals surface area contributed by atoms with E-state index in [4.69, 9.17) is 9.84 Å². The Morgan fingerprint density at radius 1 is 1.46 bits per heavy atom. The molecule has 13 heavy (non-hydrogen) atoms. The van der Waals surface area contributed by atoms with Crippen LogP contribution < -0.4 is 0 Å². The van der Waals surface area contributed by atoms with Gasteiger partial charge in [0.05, 0.1) is 0 Å². The molecule has 0 aliphatic heterocycles. The van der Waals surface area contributed by atoms with E-state index in [0.29, 0.717) is 6.42 Å². The van der Waals surface area contributed by atoms with Crippen molar-refractivity contribution in [2.75, 3.05) is 6.61 Å². The Bertz CT molecular complexity index is 159. The third-order valence-corrected chi connectivity index (χ3v) is 1.31. The first-order valence-corrected chi connectivity index (χ1v) is 4.38. The molecule has 0 rings (SSSR count). The number of hydrogen-bond acceptors (Lipinski definition) is 4. The van der Waals surface area contributed by atoms with Gasteiger partial charge >= 0.3 is 5.97 Å². The summed E-state index contributed by atoms with van der Waals surface area (Å²) < 4.78 is 4.93. The minimum absolute atomic E-state index is 0.0279. The molecule has 4 nitrogen and oxygen atoms in total. The average Bonchev–Trinajstić information content (AvgIpc) is 1.96. The second kappa shape index (κ2) is 5.19. The standard InChI is InChI=1S/C9H18O4/c1-9(2,3)13-8(12)7(11)5-4-6-10/h7,10-11H,4-6H2,1-3H3. The lowest BCUT2D eigenvalue weighted by Gasteiger charge is -2.21. The Balaban J connectivity index is 3.83. The first-order chi connectivity index (χ1) is 5.87. The van der Waals surface area contributed by atoms with E-state index >= 15 is 0 Å². The molecular formula is C9H18O4. The van der Waals surface area contributed by atoms with Gasteiger partial charge in [-0.15, -0.1) is 0 Å². The quantitative estimate of drug-likeness (QED) is 0.632. The van der Waals surface area contributed by atoms with E-state index in [-0.39, 0.29) is 13.0 Å². The fourth-order valence-corrected chi connectivity index (χ4v) is 0.772. The molecular weight excluding hydrogens is 172 g/mol. The van der Waals surface area contributed by atoms with E-state index in [1.165, 1.54) is 0 Å². The Morgan fingerprint density at radius 3 is 2.38 bits per heavy atom. The first-order valence-electron chi connectivity index (χ1n) is 4.38. The fourth-order valence-electron chi connectivity index (χ4n) is 0.772. The SMILES string of the molecule is CC(C)(C)OC(=O)C(O)CCCO. The number of ether oxygens (including phenoxy) is 1. The molecule has 0 aromatic rings. The van der Waals surface area contributed by atoms with Crippen LogP contribution in [0.2, 0.25) is 0 Å². The second-order valence-electron chi connectivity index (χ2n) is 3.92. The van der Waals surface area contributed by atoms with Crippen LogP contribution in [0.5, 0.6) is 0 Å². The minimum atomic E-state index is -1.12. The van der Waals surface area contributed by atoms with Gasteiger partial charge in [-0.1, -0.05) is 0 Å². The average molecular weight is 190 g/mol. The maximum atomic E-state index is 11.1. The summed E-state index contributed by atoms with van der Waals surface area (Å²) in [6, 6.07) is 0. The van der Waals surface area contributed by atoms with Crippen LogP contribution in [-0.2, 0) is 9.53 Å². The summed E-state index contributed by atoms with van der Waals surface area (Å²) >= 11 is 0. The van der Waals surface area contributed by atoms with Crippen molar-refractivity contribution < 1.29 is 19.7 Å². The van der Waals surface area contributed by atoms with Crippen molar-refractivity contribution in [1.29, 1.82) is 0 Å². The van der Waals surface area contributed by atoms with Crippen LogP contribution in [0.1, 0.15) is 33.6 Å². The smallest absolute Gasteiger partial charge is 0.335 e. The molecule has 1 atom stereocenters.